The quantitative estimate of drug-likeness (QED) is 0.522. The van der Waals surface area contributed by atoms with E-state index in [4.69, 9.17) is 9.73 Å². The fourth-order valence-electron chi connectivity index (χ4n) is 3.60. The molecule has 0 saturated heterocycles. The number of nitrogens with one attached hydrogen (secondary N) is 1. The maximum Gasteiger partial charge on any atom is 0.337 e. The van der Waals surface area contributed by atoms with Gasteiger partial charge in [0.1, 0.15) is 0 Å². The molecule has 1 N–H and O–H groups in total. The van der Waals surface area contributed by atoms with Gasteiger partial charge in [0.15, 0.2) is 5.96 Å². The number of aliphatic imine (C=N–C) groups is 1. The summed E-state index contributed by atoms with van der Waals surface area (Å²) in [5.74, 6) is 0.513. The minimum atomic E-state index is -0.308. The van der Waals surface area contributed by atoms with Gasteiger partial charge in [0.2, 0.25) is 0 Å². The van der Waals surface area contributed by atoms with Crippen molar-refractivity contribution in [1.82, 2.24) is 15.1 Å². The fraction of sp³-hybridized carbons (Fsp3) is 0.545. The van der Waals surface area contributed by atoms with Gasteiger partial charge in [-0.2, -0.15) is 0 Å². The molecule has 6 nitrogen and oxygen atoms in total. The molecule has 6 heteroatoms. The van der Waals surface area contributed by atoms with E-state index in [2.05, 4.69) is 35.9 Å². The number of ether oxygens (including phenoxy) is 1. The molecule has 1 aromatic rings. The van der Waals surface area contributed by atoms with E-state index in [1.54, 1.807) is 0 Å². The third-order valence-corrected chi connectivity index (χ3v) is 5.26. The Labute approximate surface area is 169 Å². The maximum atomic E-state index is 12.5. The van der Waals surface area contributed by atoms with E-state index < -0.39 is 0 Å². The summed E-state index contributed by atoms with van der Waals surface area (Å²) < 4.78 is 5.08. The number of allylic oxidation sites excluding steroid dienone is 1. The highest BCUT2D eigenvalue weighted by Crippen LogP contribution is 2.31. The van der Waals surface area contributed by atoms with E-state index in [0.717, 1.165) is 56.4 Å². The van der Waals surface area contributed by atoms with Crippen LogP contribution in [-0.2, 0) is 9.53 Å². The van der Waals surface area contributed by atoms with Gasteiger partial charge >= 0.3 is 5.97 Å². The Bertz CT molecular complexity index is 696. The Morgan fingerprint density at radius 3 is 2.46 bits per heavy atom. The normalized spacial score (nSPS) is 18.6. The molecule has 1 atom stereocenters. The molecule has 0 spiro atoms. The van der Waals surface area contributed by atoms with E-state index >= 15 is 0 Å². The molecule has 0 saturated carbocycles. The lowest BCUT2D eigenvalue weighted by Gasteiger charge is -2.37. The van der Waals surface area contributed by atoms with Gasteiger partial charge in [-0.15, -0.1) is 0 Å². The van der Waals surface area contributed by atoms with Crippen LogP contribution in [0.5, 0.6) is 0 Å². The molecule has 0 radical (unpaired) electrons. The van der Waals surface area contributed by atoms with Crippen LogP contribution in [0.1, 0.15) is 45.7 Å². The van der Waals surface area contributed by atoms with Crippen molar-refractivity contribution in [1.29, 1.82) is 0 Å². The van der Waals surface area contributed by atoms with E-state index in [9.17, 15) is 4.79 Å². The highest BCUT2D eigenvalue weighted by molar-refractivity contribution is 5.96. The minimum absolute atomic E-state index is 0.266. The molecule has 1 heterocycles. The Kier molecular flexibility index (Phi) is 8.51. The van der Waals surface area contributed by atoms with Gasteiger partial charge in [-0.25, -0.2) is 4.79 Å². The van der Waals surface area contributed by atoms with Crippen LogP contribution in [0, 0.1) is 0 Å². The first-order valence-corrected chi connectivity index (χ1v) is 10.2. The van der Waals surface area contributed by atoms with E-state index in [0.29, 0.717) is 5.57 Å². The molecule has 0 unspecified atom stereocenters. The minimum Gasteiger partial charge on any atom is -0.466 e. The van der Waals surface area contributed by atoms with Crippen LogP contribution in [0.15, 0.2) is 46.6 Å². The molecule has 154 valence electrons. The molecule has 0 aliphatic carbocycles. The van der Waals surface area contributed by atoms with E-state index in [1.165, 1.54) is 7.11 Å². The largest absolute Gasteiger partial charge is 0.466 e. The van der Waals surface area contributed by atoms with Crippen LogP contribution in [0.2, 0.25) is 0 Å². The van der Waals surface area contributed by atoms with Gasteiger partial charge < -0.3 is 19.9 Å². The van der Waals surface area contributed by atoms with Gasteiger partial charge in [-0.05, 0) is 45.5 Å². The third-order valence-electron chi connectivity index (χ3n) is 5.26. The van der Waals surface area contributed by atoms with Gasteiger partial charge in [0.05, 0.1) is 18.7 Å². The summed E-state index contributed by atoms with van der Waals surface area (Å²) >= 11 is 0. The predicted octanol–water partition coefficient (Wildman–Crippen LogP) is 3.19. The molecule has 0 fully saturated rings. The molecule has 1 aliphatic rings. The monoisotopic (exact) mass is 386 g/mol. The second-order valence-corrected chi connectivity index (χ2v) is 6.81. The lowest BCUT2D eigenvalue weighted by Crippen LogP contribution is -2.49. The first-order chi connectivity index (χ1) is 13.6. The smallest absolute Gasteiger partial charge is 0.337 e. The van der Waals surface area contributed by atoms with Crippen molar-refractivity contribution < 1.29 is 9.53 Å². The molecule has 2 rings (SSSR count). The SMILES string of the molecule is CCN(CC)CCCN=C1N[C@@H](c2ccccc2)C(C(=O)OC)=C(C)N1CC. The summed E-state index contributed by atoms with van der Waals surface area (Å²) in [6.45, 7) is 13.0. The zero-order chi connectivity index (χ0) is 20.5. The number of nitrogens with zero attached hydrogens (tertiary/aromatic N) is 3. The van der Waals surface area contributed by atoms with Gasteiger partial charge in [0, 0.05) is 18.8 Å². The Hall–Kier alpha value is -2.34. The van der Waals surface area contributed by atoms with Crippen molar-refractivity contribution in [3.8, 4) is 0 Å². The molecule has 1 aliphatic heterocycles. The Morgan fingerprint density at radius 2 is 1.89 bits per heavy atom. The summed E-state index contributed by atoms with van der Waals surface area (Å²) in [5.41, 5.74) is 2.55. The Morgan fingerprint density at radius 1 is 1.21 bits per heavy atom. The van der Waals surface area contributed by atoms with Crippen LogP contribution in [-0.4, -0.2) is 61.6 Å². The molecule has 0 aromatic heterocycles. The lowest BCUT2D eigenvalue weighted by molar-refractivity contribution is -0.136. The fourth-order valence-corrected chi connectivity index (χ4v) is 3.60. The number of rotatable bonds is 9. The third kappa shape index (κ3) is 5.13. The molecular weight excluding hydrogens is 352 g/mol. The van der Waals surface area contributed by atoms with Gasteiger partial charge in [-0.3, -0.25) is 4.99 Å². The maximum absolute atomic E-state index is 12.5. The summed E-state index contributed by atoms with van der Waals surface area (Å²) in [5, 5.41) is 3.49. The number of methoxy groups -OCH3 is 1. The summed E-state index contributed by atoms with van der Waals surface area (Å²) in [7, 11) is 1.43. The van der Waals surface area contributed by atoms with Crippen LogP contribution in [0.4, 0.5) is 0 Å². The summed E-state index contributed by atoms with van der Waals surface area (Å²) in [6, 6.07) is 9.71. The predicted molar refractivity (Wildman–Crippen MR) is 114 cm³/mol. The number of guanidine groups is 1. The molecule has 28 heavy (non-hydrogen) atoms. The summed E-state index contributed by atoms with van der Waals surface area (Å²) in [6.07, 6.45) is 1.01. The topological polar surface area (TPSA) is 57.2 Å². The van der Waals surface area contributed by atoms with Crippen molar-refractivity contribution in [3.05, 3.63) is 47.2 Å². The average Bonchev–Trinajstić information content (AvgIpc) is 2.73. The van der Waals surface area contributed by atoms with Crippen LogP contribution >= 0.6 is 0 Å². The average molecular weight is 387 g/mol. The van der Waals surface area contributed by atoms with Crippen molar-refractivity contribution in [2.45, 2.75) is 40.2 Å². The second kappa shape index (κ2) is 10.9. The van der Waals surface area contributed by atoms with Crippen LogP contribution in [0.3, 0.4) is 0 Å². The molecule has 1 aromatic carbocycles. The number of esters is 1. The van der Waals surface area contributed by atoms with E-state index in [-0.39, 0.29) is 12.0 Å². The standard InChI is InChI=1S/C22H34N4O2/c1-6-25(7-2)16-12-15-23-22-24-20(18-13-10-9-11-14-18)19(21(27)28-5)17(4)26(22)8-3/h9-11,13-14,20H,6-8,12,15-16H2,1-5H3,(H,23,24)/t20-/m0/s1. The highest BCUT2D eigenvalue weighted by Gasteiger charge is 2.34. The molecule has 0 amide bonds. The van der Waals surface area contributed by atoms with Crippen LogP contribution < -0.4 is 5.32 Å². The van der Waals surface area contributed by atoms with E-state index in [1.807, 2.05) is 37.3 Å². The molecular formula is C22H34N4O2. The number of carbonyl (C=O) groups excluding carboxylic acids is 1. The number of hydrogen-bond acceptors (Lipinski definition) is 4. The molecule has 0 bridgehead atoms. The zero-order valence-electron chi connectivity index (χ0n) is 17.9. The van der Waals surface area contributed by atoms with Crippen molar-refractivity contribution >= 4 is 11.9 Å². The zero-order valence-corrected chi connectivity index (χ0v) is 17.9. The van der Waals surface area contributed by atoms with Crippen molar-refractivity contribution in [2.24, 2.45) is 4.99 Å². The lowest BCUT2D eigenvalue weighted by atomic mass is 9.95. The second-order valence-electron chi connectivity index (χ2n) is 6.81. The number of carbonyl (C=O) groups is 1. The number of hydrogen-bond donors (Lipinski definition) is 1. The van der Waals surface area contributed by atoms with Crippen molar-refractivity contribution in [2.75, 3.05) is 39.8 Å². The Balaban J connectivity index is 2.29. The summed E-state index contributed by atoms with van der Waals surface area (Å²) in [4.78, 5) is 21.8. The van der Waals surface area contributed by atoms with Gasteiger partial charge in [-0.1, -0.05) is 44.2 Å². The first-order valence-electron chi connectivity index (χ1n) is 10.2. The van der Waals surface area contributed by atoms with Crippen LogP contribution in [0.25, 0.3) is 0 Å². The highest BCUT2D eigenvalue weighted by atomic mass is 16.5. The number of benzene rings is 1. The first kappa shape index (κ1) is 22.0. The van der Waals surface area contributed by atoms with Gasteiger partial charge in [0.25, 0.3) is 0 Å². The van der Waals surface area contributed by atoms with Crippen molar-refractivity contribution in [3.63, 3.8) is 0 Å².